The van der Waals surface area contributed by atoms with Gasteiger partial charge >= 0.3 is 0 Å². The van der Waals surface area contributed by atoms with Gasteiger partial charge in [-0.25, -0.2) is 4.98 Å². The smallest absolute Gasteiger partial charge is 0.123 e. The third kappa shape index (κ3) is 2.63. The van der Waals surface area contributed by atoms with Gasteiger partial charge in [0.05, 0.1) is 17.6 Å². The summed E-state index contributed by atoms with van der Waals surface area (Å²) >= 11 is 0. The van der Waals surface area contributed by atoms with Crippen LogP contribution in [0.25, 0.3) is 11.0 Å². The Morgan fingerprint density at radius 3 is 2.83 bits per heavy atom. The maximum absolute atomic E-state index is 4.83. The highest BCUT2D eigenvalue weighted by molar-refractivity contribution is 5.75. The molecule has 1 saturated heterocycles. The van der Waals surface area contributed by atoms with Crippen LogP contribution in [0.4, 0.5) is 0 Å². The van der Waals surface area contributed by atoms with E-state index in [1.165, 1.54) is 17.5 Å². The van der Waals surface area contributed by atoms with Gasteiger partial charge < -0.3 is 4.57 Å². The van der Waals surface area contributed by atoms with E-state index < -0.39 is 0 Å². The van der Waals surface area contributed by atoms with Crippen LogP contribution in [-0.2, 0) is 13.6 Å². The topological polar surface area (TPSA) is 34.0 Å². The van der Waals surface area contributed by atoms with Crippen molar-refractivity contribution in [2.24, 2.45) is 13.0 Å². The highest BCUT2D eigenvalue weighted by Gasteiger charge is 2.31. The van der Waals surface area contributed by atoms with Gasteiger partial charge in [-0.3, -0.25) is 9.88 Å². The Hall–Kier alpha value is -2.20. The molecule has 0 N–H and O–H groups in total. The minimum atomic E-state index is 0.443. The molecule has 1 aliphatic heterocycles. The number of rotatable bonds is 3. The molecule has 0 saturated carbocycles. The molecule has 4 rings (SSSR count). The number of nitrogens with zero attached hydrogens (tertiary/aromatic N) is 4. The molecular formula is C19H22N4. The molecular weight excluding hydrogens is 284 g/mol. The predicted octanol–water partition coefficient (Wildman–Crippen LogP) is 3.55. The molecule has 2 aromatic heterocycles. The summed E-state index contributed by atoms with van der Waals surface area (Å²) in [5, 5.41) is 0. The van der Waals surface area contributed by atoms with E-state index in [2.05, 4.69) is 58.8 Å². The highest BCUT2D eigenvalue weighted by Crippen LogP contribution is 2.36. The van der Waals surface area contributed by atoms with Crippen LogP contribution in [0.1, 0.15) is 30.8 Å². The maximum Gasteiger partial charge on any atom is 0.123 e. The average molecular weight is 306 g/mol. The number of pyridine rings is 1. The summed E-state index contributed by atoms with van der Waals surface area (Å²) in [5.41, 5.74) is 3.60. The first-order chi connectivity index (χ1) is 11.2. The van der Waals surface area contributed by atoms with Crippen LogP contribution in [0.2, 0.25) is 0 Å². The quantitative estimate of drug-likeness (QED) is 0.742. The number of imidazole rings is 1. The van der Waals surface area contributed by atoms with E-state index in [4.69, 9.17) is 4.98 Å². The van der Waals surface area contributed by atoms with Crippen LogP contribution in [-0.4, -0.2) is 26.0 Å². The summed E-state index contributed by atoms with van der Waals surface area (Å²) in [4.78, 5) is 11.7. The van der Waals surface area contributed by atoms with Crippen molar-refractivity contribution in [3.05, 3.63) is 60.2 Å². The van der Waals surface area contributed by atoms with Crippen LogP contribution in [0, 0.1) is 5.92 Å². The van der Waals surface area contributed by atoms with Gasteiger partial charge in [0.2, 0.25) is 0 Å². The van der Waals surface area contributed by atoms with Crippen LogP contribution in [0.15, 0.2) is 48.8 Å². The first kappa shape index (κ1) is 14.4. The molecule has 118 valence electrons. The van der Waals surface area contributed by atoms with Crippen molar-refractivity contribution in [2.75, 3.05) is 6.54 Å². The zero-order chi connectivity index (χ0) is 15.8. The molecule has 1 aromatic carbocycles. The lowest BCUT2D eigenvalue weighted by Crippen LogP contribution is -2.25. The van der Waals surface area contributed by atoms with Gasteiger partial charge in [-0.05, 0) is 36.1 Å². The molecule has 0 spiro atoms. The minimum absolute atomic E-state index is 0.443. The van der Waals surface area contributed by atoms with Gasteiger partial charge in [0, 0.05) is 32.0 Å². The number of hydrogen-bond donors (Lipinski definition) is 0. The van der Waals surface area contributed by atoms with Gasteiger partial charge in [0.25, 0.3) is 0 Å². The van der Waals surface area contributed by atoms with Crippen LogP contribution in [0.5, 0.6) is 0 Å². The van der Waals surface area contributed by atoms with Crippen LogP contribution in [0.3, 0.4) is 0 Å². The van der Waals surface area contributed by atoms with Crippen molar-refractivity contribution in [3.8, 4) is 0 Å². The van der Waals surface area contributed by atoms with E-state index in [1.54, 1.807) is 0 Å². The van der Waals surface area contributed by atoms with E-state index in [0.29, 0.717) is 12.0 Å². The zero-order valence-corrected chi connectivity index (χ0v) is 13.7. The Bertz CT molecular complexity index is 809. The number of para-hydroxylation sites is 2. The number of fused-ring (bicyclic) bond motifs is 1. The summed E-state index contributed by atoms with van der Waals surface area (Å²) in [6.45, 7) is 4.33. The molecule has 1 aliphatic rings. The number of hydrogen-bond acceptors (Lipinski definition) is 3. The second-order valence-corrected chi connectivity index (χ2v) is 6.65. The molecule has 0 amide bonds. The van der Waals surface area contributed by atoms with Gasteiger partial charge in [-0.1, -0.05) is 25.1 Å². The monoisotopic (exact) mass is 306 g/mol. The minimum Gasteiger partial charge on any atom is -0.330 e. The first-order valence-corrected chi connectivity index (χ1v) is 8.26. The fraction of sp³-hybridized carbons (Fsp3) is 0.368. The third-order valence-corrected chi connectivity index (χ3v) is 4.91. The molecule has 3 heterocycles. The van der Waals surface area contributed by atoms with Gasteiger partial charge in [-0.15, -0.1) is 0 Å². The third-order valence-electron chi connectivity index (χ3n) is 4.91. The Morgan fingerprint density at radius 2 is 2.04 bits per heavy atom. The van der Waals surface area contributed by atoms with Gasteiger partial charge in [0.15, 0.2) is 0 Å². The number of benzene rings is 1. The summed E-state index contributed by atoms with van der Waals surface area (Å²) in [7, 11) is 2.11. The zero-order valence-electron chi connectivity index (χ0n) is 13.7. The standard InChI is InChI=1S/C19H22N4/c1-14-10-18(15-6-5-9-20-11-15)23(12-14)13-19-21-16-7-3-4-8-17(16)22(19)2/h3-9,11,14,18H,10,12-13H2,1-2H3/t14-,18+/m0/s1. The molecule has 1 fully saturated rings. The van der Waals surface area contributed by atoms with Gasteiger partial charge in [-0.2, -0.15) is 0 Å². The molecule has 0 unspecified atom stereocenters. The lowest BCUT2D eigenvalue weighted by Gasteiger charge is -2.24. The van der Waals surface area contributed by atoms with Crippen LogP contribution >= 0.6 is 0 Å². The Kier molecular flexibility index (Phi) is 3.62. The first-order valence-electron chi connectivity index (χ1n) is 8.26. The normalized spacial score (nSPS) is 22.0. The molecule has 4 nitrogen and oxygen atoms in total. The van der Waals surface area contributed by atoms with Crippen molar-refractivity contribution in [1.29, 1.82) is 0 Å². The van der Waals surface area contributed by atoms with Crippen LogP contribution < -0.4 is 0 Å². The number of aromatic nitrogens is 3. The van der Waals surface area contributed by atoms with Crippen molar-refractivity contribution >= 4 is 11.0 Å². The molecule has 4 heteroatoms. The predicted molar refractivity (Wildman–Crippen MR) is 91.9 cm³/mol. The van der Waals surface area contributed by atoms with Crippen molar-refractivity contribution < 1.29 is 0 Å². The summed E-state index contributed by atoms with van der Waals surface area (Å²) in [6.07, 6.45) is 5.04. The van der Waals surface area contributed by atoms with Gasteiger partial charge in [0.1, 0.15) is 5.82 Å². The average Bonchev–Trinajstić information content (AvgIpc) is 3.10. The van der Waals surface area contributed by atoms with E-state index in [0.717, 1.165) is 24.4 Å². The Labute approximate surface area is 136 Å². The second kappa shape index (κ2) is 5.78. The van der Waals surface area contributed by atoms with E-state index >= 15 is 0 Å². The Morgan fingerprint density at radius 1 is 1.17 bits per heavy atom. The fourth-order valence-electron chi connectivity index (χ4n) is 3.75. The second-order valence-electron chi connectivity index (χ2n) is 6.65. The SMILES string of the molecule is C[C@H]1C[C@H](c2cccnc2)N(Cc2nc3ccccc3n2C)C1. The summed E-state index contributed by atoms with van der Waals surface area (Å²) in [5.74, 6) is 1.84. The number of likely N-dealkylation sites (tertiary alicyclic amines) is 1. The molecule has 0 aliphatic carbocycles. The van der Waals surface area contributed by atoms with E-state index in [1.807, 2.05) is 18.5 Å². The summed E-state index contributed by atoms with van der Waals surface area (Å²) in [6, 6.07) is 13.0. The molecule has 0 radical (unpaired) electrons. The molecule has 2 atom stereocenters. The Balaban J connectivity index is 1.64. The van der Waals surface area contributed by atoms with Crippen molar-refractivity contribution in [3.63, 3.8) is 0 Å². The fourth-order valence-corrected chi connectivity index (χ4v) is 3.75. The van der Waals surface area contributed by atoms with Crippen molar-refractivity contribution in [2.45, 2.75) is 25.9 Å². The largest absolute Gasteiger partial charge is 0.330 e. The summed E-state index contributed by atoms with van der Waals surface area (Å²) < 4.78 is 2.22. The lowest BCUT2D eigenvalue weighted by molar-refractivity contribution is 0.237. The maximum atomic E-state index is 4.83. The number of aryl methyl sites for hydroxylation is 1. The van der Waals surface area contributed by atoms with Crippen molar-refractivity contribution in [1.82, 2.24) is 19.4 Å². The lowest BCUT2D eigenvalue weighted by atomic mass is 10.0. The molecule has 0 bridgehead atoms. The van der Waals surface area contributed by atoms with E-state index in [-0.39, 0.29) is 0 Å². The molecule has 3 aromatic rings. The van der Waals surface area contributed by atoms with E-state index in [9.17, 15) is 0 Å². The molecule has 23 heavy (non-hydrogen) atoms. The highest BCUT2D eigenvalue weighted by atomic mass is 15.2.